The quantitative estimate of drug-likeness (QED) is 0.582. The Morgan fingerprint density at radius 3 is 2.56 bits per heavy atom. The molecule has 27 heavy (non-hydrogen) atoms. The van der Waals surface area contributed by atoms with Gasteiger partial charge in [-0.3, -0.25) is 9.78 Å². The Morgan fingerprint density at radius 1 is 1.04 bits per heavy atom. The second-order valence-electron chi connectivity index (χ2n) is 6.44. The SMILES string of the molecule is O=C(Nc1c(F)cccc1F)c1cnc2c(c1)CCCc1ccc(Br)cc1-2. The van der Waals surface area contributed by atoms with Crippen LogP contribution >= 0.6 is 15.9 Å². The van der Waals surface area contributed by atoms with E-state index in [9.17, 15) is 13.6 Å². The number of carbonyl (C=O) groups is 1. The predicted molar refractivity (Wildman–Crippen MR) is 104 cm³/mol. The summed E-state index contributed by atoms with van der Waals surface area (Å²) in [6, 6.07) is 11.3. The van der Waals surface area contributed by atoms with Gasteiger partial charge in [0.2, 0.25) is 0 Å². The van der Waals surface area contributed by atoms with E-state index in [1.54, 1.807) is 6.07 Å². The Labute approximate surface area is 163 Å². The van der Waals surface area contributed by atoms with Gasteiger partial charge < -0.3 is 5.32 Å². The fraction of sp³-hybridized carbons (Fsp3) is 0.143. The number of hydrogen-bond acceptors (Lipinski definition) is 2. The fourth-order valence-electron chi connectivity index (χ4n) is 3.33. The summed E-state index contributed by atoms with van der Waals surface area (Å²) >= 11 is 3.49. The van der Waals surface area contributed by atoms with Crippen molar-refractivity contribution in [2.24, 2.45) is 0 Å². The van der Waals surface area contributed by atoms with Crippen LogP contribution in [-0.4, -0.2) is 10.9 Å². The standard InChI is InChI=1S/C21H15BrF2N2O/c22-15-8-7-12-3-1-4-13-9-14(11-25-19(13)16(12)10-15)21(27)26-20-17(23)5-2-6-18(20)24/h2,5-11H,1,3-4H2,(H,26,27). The van der Waals surface area contributed by atoms with Crippen LogP contribution in [0.5, 0.6) is 0 Å². The number of rotatable bonds is 2. The molecule has 1 aliphatic carbocycles. The Bertz CT molecular complexity index is 1030. The molecular formula is C21H15BrF2N2O. The molecule has 0 aliphatic heterocycles. The van der Waals surface area contributed by atoms with Crippen LogP contribution in [0.2, 0.25) is 0 Å². The summed E-state index contributed by atoms with van der Waals surface area (Å²) in [7, 11) is 0. The van der Waals surface area contributed by atoms with Gasteiger partial charge in [0.15, 0.2) is 0 Å². The Balaban J connectivity index is 1.69. The van der Waals surface area contributed by atoms with E-state index in [0.29, 0.717) is 0 Å². The Hall–Kier alpha value is -2.60. The number of fused-ring (bicyclic) bond motifs is 3. The average molecular weight is 429 g/mol. The molecule has 0 atom stereocenters. The molecule has 0 saturated carbocycles. The zero-order valence-electron chi connectivity index (χ0n) is 14.2. The lowest BCUT2D eigenvalue weighted by atomic mass is 10.0. The summed E-state index contributed by atoms with van der Waals surface area (Å²) < 4.78 is 28.5. The molecule has 1 aliphatic rings. The van der Waals surface area contributed by atoms with Gasteiger partial charge in [0.25, 0.3) is 5.91 Å². The fourth-order valence-corrected chi connectivity index (χ4v) is 3.69. The van der Waals surface area contributed by atoms with Crippen LogP contribution in [0.25, 0.3) is 11.3 Å². The number of pyridine rings is 1. The molecule has 0 spiro atoms. The molecule has 1 heterocycles. The molecule has 136 valence electrons. The van der Waals surface area contributed by atoms with Gasteiger partial charge >= 0.3 is 0 Å². The zero-order valence-corrected chi connectivity index (χ0v) is 15.8. The van der Waals surface area contributed by atoms with Gasteiger partial charge in [-0.15, -0.1) is 0 Å². The molecule has 0 unspecified atom stereocenters. The first kappa shape index (κ1) is 17.8. The maximum absolute atomic E-state index is 13.8. The van der Waals surface area contributed by atoms with E-state index >= 15 is 0 Å². The molecule has 1 N–H and O–H groups in total. The molecule has 2 aromatic carbocycles. The maximum atomic E-state index is 13.8. The average Bonchev–Trinajstić information content (AvgIpc) is 2.83. The van der Waals surface area contributed by atoms with E-state index in [2.05, 4.69) is 32.3 Å². The van der Waals surface area contributed by atoms with Gasteiger partial charge in [-0.2, -0.15) is 0 Å². The number of aromatic nitrogens is 1. The lowest BCUT2D eigenvalue weighted by Gasteiger charge is -2.11. The molecule has 3 aromatic rings. The molecule has 0 bridgehead atoms. The zero-order chi connectivity index (χ0) is 19.0. The number of aryl methyl sites for hydroxylation is 2. The van der Waals surface area contributed by atoms with Crippen molar-refractivity contribution in [2.75, 3.05) is 5.32 Å². The molecule has 6 heteroatoms. The molecule has 1 aromatic heterocycles. The van der Waals surface area contributed by atoms with E-state index in [1.807, 2.05) is 12.1 Å². The molecule has 3 nitrogen and oxygen atoms in total. The summed E-state index contributed by atoms with van der Waals surface area (Å²) in [5, 5.41) is 2.31. The second kappa shape index (κ2) is 7.19. The van der Waals surface area contributed by atoms with Crippen LogP contribution < -0.4 is 5.32 Å². The van der Waals surface area contributed by atoms with Crippen molar-refractivity contribution < 1.29 is 13.6 Å². The van der Waals surface area contributed by atoms with Gasteiger partial charge in [0.1, 0.15) is 17.3 Å². The summed E-state index contributed by atoms with van der Waals surface area (Å²) in [6.45, 7) is 0. The van der Waals surface area contributed by atoms with Crippen LogP contribution in [-0.2, 0) is 12.8 Å². The highest BCUT2D eigenvalue weighted by Crippen LogP contribution is 2.33. The number of halogens is 3. The number of benzene rings is 2. The number of carbonyl (C=O) groups excluding carboxylic acids is 1. The maximum Gasteiger partial charge on any atom is 0.257 e. The molecule has 0 radical (unpaired) electrons. The number of nitrogens with one attached hydrogen (secondary N) is 1. The smallest absolute Gasteiger partial charge is 0.257 e. The van der Waals surface area contributed by atoms with E-state index in [4.69, 9.17) is 0 Å². The second-order valence-corrected chi connectivity index (χ2v) is 7.35. The van der Waals surface area contributed by atoms with Crippen LogP contribution in [0.3, 0.4) is 0 Å². The minimum atomic E-state index is -0.815. The first-order chi connectivity index (χ1) is 13.0. The topological polar surface area (TPSA) is 42.0 Å². The van der Waals surface area contributed by atoms with E-state index < -0.39 is 23.2 Å². The summed E-state index contributed by atoms with van der Waals surface area (Å²) in [6.07, 6.45) is 4.10. The normalized spacial score (nSPS) is 12.7. The van der Waals surface area contributed by atoms with E-state index in [1.165, 1.54) is 17.8 Å². The molecule has 0 saturated heterocycles. The summed E-state index contributed by atoms with van der Waals surface area (Å²) in [5.74, 6) is -2.22. The Morgan fingerprint density at radius 2 is 1.78 bits per heavy atom. The van der Waals surface area contributed by atoms with E-state index in [0.717, 1.165) is 52.7 Å². The van der Waals surface area contributed by atoms with Crippen molar-refractivity contribution in [1.82, 2.24) is 4.98 Å². The van der Waals surface area contributed by atoms with Crippen molar-refractivity contribution in [3.05, 3.63) is 81.5 Å². The van der Waals surface area contributed by atoms with Gasteiger partial charge in [-0.25, -0.2) is 8.78 Å². The first-order valence-electron chi connectivity index (χ1n) is 8.56. The lowest BCUT2D eigenvalue weighted by Crippen LogP contribution is -2.15. The van der Waals surface area contributed by atoms with Crippen LogP contribution in [0.4, 0.5) is 14.5 Å². The van der Waals surface area contributed by atoms with Crippen molar-refractivity contribution in [3.8, 4) is 11.3 Å². The van der Waals surface area contributed by atoms with Crippen molar-refractivity contribution in [1.29, 1.82) is 0 Å². The monoisotopic (exact) mass is 428 g/mol. The van der Waals surface area contributed by atoms with Gasteiger partial charge in [-0.1, -0.05) is 28.1 Å². The largest absolute Gasteiger partial charge is 0.317 e. The van der Waals surface area contributed by atoms with Crippen molar-refractivity contribution >= 4 is 27.5 Å². The van der Waals surface area contributed by atoms with Crippen LogP contribution in [0.15, 0.2) is 53.1 Å². The van der Waals surface area contributed by atoms with Crippen LogP contribution in [0.1, 0.15) is 27.9 Å². The number of nitrogens with zero attached hydrogens (tertiary/aromatic N) is 1. The predicted octanol–water partition coefficient (Wildman–Crippen LogP) is 5.53. The minimum Gasteiger partial charge on any atom is -0.317 e. The first-order valence-corrected chi connectivity index (χ1v) is 9.35. The van der Waals surface area contributed by atoms with Crippen LogP contribution in [0, 0.1) is 11.6 Å². The molecule has 0 fully saturated rings. The highest BCUT2D eigenvalue weighted by Gasteiger charge is 2.19. The van der Waals surface area contributed by atoms with Gasteiger partial charge in [0, 0.05) is 16.2 Å². The minimum absolute atomic E-state index is 0.273. The van der Waals surface area contributed by atoms with Gasteiger partial charge in [0.05, 0.1) is 11.3 Å². The van der Waals surface area contributed by atoms with Crippen molar-refractivity contribution in [3.63, 3.8) is 0 Å². The lowest BCUT2D eigenvalue weighted by molar-refractivity contribution is 0.102. The third-order valence-electron chi connectivity index (χ3n) is 4.65. The summed E-state index contributed by atoms with van der Waals surface area (Å²) in [4.78, 5) is 17.0. The number of hydrogen-bond donors (Lipinski definition) is 1. The number of anilines is 1. The number of para-hydroxylation sites is 1. The summed E-state index contributed by atoms with van der Waals surface area (Å²) in [5.41, 5.74) is 3.88. The number of amides is 1. The molecule has 1 amide bonds. The highest BCUT2D eigenvalue weighted by molar-refractivity contribution is 9.10. The Kier molecular flexibility index (Phi) is 4.74. The third-order valence-corrected chi connectivity index (χ3v) is 5.14. The van der Waals surface area contributed by atoms with E-state index in [-0.39, 0.29) is 5.56 Å². The highest BCUT2D eigenvalue weighted by atomic mass is 79.9. The molecular weight excluding hydrogens is 414 g/mol. The third kappa shape index (κ3) is 3.49. The molecule has 4 rings (SSSR count). The van der Waals surface area contributed by atoms with Crippen molar-refractivity contribution in [2.45, 2.75) is 19.3 Å². The van der Waals surface area contributed by atoms with Gasteiger partial charge in [-0.05, 0) is 60.7 Å².